The number of hydrogen-bond acceptors (Lipinski definition) is 2. The third-order valence-corrected chi connectivity index (χ3v) is 1.13. The van der Waals surface area contributed by atoms with E-state index in [2.05, 4.69) is 0 Å². The van der Waals surface area contributed by atoms with Crippen LogP contribution in [0.15, 0.2) is 10.6 Å². The first-order valence-electron chi connectivity index (χ1n) is 2.09. The van der Waals surface area contributed by atoms with Gasteiger partial charge in [-0.15, -0.1) is 0 Å². The van der Waals surface area contributed by atoms with E-state index in [1.54, 1.807) is 6.92 Å². The molecule has 0 aliphatic heterocycles. The topological polar surface area (TPSA) is 47.7 Å². The summed E-state index contributed by atoms with van der Waals surface area (Å²) in [6.45, 7) is 1.68. The molecule has 0 aromatic rings. The molecule has 0 radical (unpaired) electrons. The molecule has 0 fully saturated rings. The number of allylic oxidation sites excluding steroid dienone is 2. The smallest absolute Gasteiger partial charge is 0.0625 e. The maximum Gasteiger partial charge on any atom is 0.0625 e. The molecule has 0 saturated heterocycles. The van der Waals surface area contributed by atoms with E-state index in [0.29, 0.717) is 10.6 Å². The van der Waals surface area contributed by atoms with Crippen molar-refractivity contribution in [2.75, 3.05) is 0 Å². The minimum Gasteiger partial charge on any atom is -0.308 e. The Morgan fingerprint density at radius 3 is 2.00 bits per heavy atom. The van der Waals surface area contributed by atoms with Crippen molar-refractivity contribution < 1.29 is 0 Å². The number of rotatable bonds is 2. The van der Waals surface area contributed by atoms with Crippen LogP contribution in [-0.4, -0.2) is 12.4 Å². The molecule has 0 aliphatic carbocycles. The lowest BCUT2D eigenvalue weighted by atomic mass is 10.3. The predicted molar refractivity (Wildman–Crippen MR) is 36.1 cm³/mol. The number of halogens is 1. The van der Waals surface area contributed by atoms with Crippen LogP contribution in [0.3, 0.4) is 0 Å². The van der Waals surface area contributed by atoms with Gasteiger partial charge >= 0.3 is 0 Å². The first kappa shape index (κ1) is 7.37. The highest BCUT2D eigenvalue weighted by Gasteiger charge is 1.87. The molecule has 0 saturated carbocycles. The van der Waals surface area contributed by atoms with Gasteiger partial charge in [-0.05, 0) is 12.5 Å². The van der Waals surface area contributed by atoms with Crippen LogP contribution in [0.2, 0.25) is 0 Å². The largest absolute Gasteiger partial charge is 0.308 e. The summed E-state index contributed by atoms with van der Waals surface area (Å²) in [6.07, 6.45) is 2.13. The molecule has 0 unspecified atom stereocenters. The van der Waals surface area contributed by atoms with E-state index >= 15 is 0 Å². The monoisotopic (exact) mass is 130 g/mol. The molecule has 44 valence electrons. The fourth-order valence-corrected chi connectivity index (χ4v) is 0.237. The average Bonchev–Trinajstić information content (AvgIpc) is 1.84. The van der Waals surface area contributed by atoms with Crippen molar-refractivity contribution in [3.63, 3.8) is 0 Å². The SMILES string of the molecule is C/C(C=N)=C(\Cl)C=N. The fourth-order valence-electron chi connectivity index (χ4n) is 0.183. The molecule has 2 nitrogen and oxygen atoms in total. The molecule has 0 amide bonds. The zero-order chi connectivity index (χ0) is 6.57. The van der Waals surface area contributed by atoms with E-state index in [9.17, 15) is 0 Å². The molecule has 0 atom stereocenters. The van der Waals surface area contributed by atoms with Crippen molar-refractivity contribution in [2.45, 2.75) is 6.92 Å². The summed E-state index contributed by atoms with van der Waals surface area (Å²) in [4.78, 5) is 0. The summed E-state index contributed by atoms with van der Waals surface area (Å²) in [6, 6.07) is 0. The van der Waals surface area contributed by atoms with Gasteiger partial charge in [0.15, 0.2) is 0 Å². The standard InChI is InChI=1S/C5H7ClN2/c1-4(2-7)5(6)3-8/h2-3,7-8H,1H3/b5-4+,7-2?,8-3?. The Kier molecular flexibility index (Phi) is 3.12. The third kappa shape index (κ3) is 1.89. The van der Waals surface area contributed by atoms with Crippen LogP contribution in [0, 0.1) is 10.8 Å². The Bertz CT molecular complexity index is 121. The van der Waals surface area contributed by atoms with E-state index in [4.69, 9.17) is 22.4 Å². The summed E-state index contributed by atoms with van der Waals surface area (Å²) in [5.74, 6) is 0. The van der Waals surface area contributed by atoms with E-state index in [1.807, 2.05) is 0 Å². The van der Waals surface area contributed by atoms with Crippen molar-refractivity contribution in [1.82, 2.24) is 0 Å². The molecule has 0 rings (SSSR count). The minimum atomic E-state index is 0.319. The lowest BCUT2D eigenvalue weighted by Gasteiger charge is -1.87. The van der Waals surface area contributed by atoms with Gasteiger partial charge in [-0.25, -0.2) is 0 Å². The second kappa shape index (κ2) is 3.38. The van der Waals surface area contributed by atoms with E-state index in [0.717, 1.165) is 12.4 Å². The highest BCUT2D eigenvalue weighted by Crippen LogP contribution is 2.01. The van der Waals surface area contributed by atoms with Gasteiger partial charge < -0.3 is 10.8 Å². The molecular weight excluding hydrogens is 124 g/mol. The van der Waals surface area contributed by atoms with Crippen LogP contribution in [0.1, 0.15) is 6.92 Å². The average molecular weight is 131 g/mol. The molecule has 8 heavy (non-hydrogen) atoms. The van der Waals surface area contributed by atoms with Crippen LogP contribution < -0.4 is 0 Å². The molecular formula is C5H7ClN2. The third-order valence-electron chi connectivity index (χ3n) is 0.720. The second-order valence-corrected chi connectivity index (χ2v) is 1.73. The fraction of sp³-hybridized carbons (Fsp3) is 0.200. The van der Waals surface area contributed by atoms with Crippen LogP contribution >= 0.6 is 11.6 Å². The molecule has 3 heteroatoms. The summed E-state index contributed by atoms with van der Waals surface area (Å²) < 4.78 is 0. The van der Waals surface area contributed by atoms with Crippen molar-refractivity contribution >= 4 is 24.0 Å². The van der Waals surface area contributed by atoms with Crippen molar-refractivity contribution in [3.8, 4) is 0 Å². The molecule has 0 spiro atoms. The van der Waals surface area contributed by atoms with Crippen LogP contribution in [0.25, 0.3) is 0 Å². The lowest BCUT2D eigenvalue weighted by Crippen LogP contribution is -1.80. The first-order chi connectivity index (χ1) is 3.72. The quantitative estimate of drug-likeness (QED) is 0.536. The molecule has 0 aromatic heterocycles. The number of hydrogen-bond donors (Lipinski definition) is 2. The Labute approximate surface area is 53.2 Å². The highest BCUT2D eigenvalue weighted by molar-refractivity contribution is 6.40. The summed E-state index contributed by atoms with van der Waals surface area (Å²) >= 11 is 5.40. The van der Waals surface area contributed by atoms with Gasteiger partial charge in [0.1, 0.15) is 0 Å². The van der Waals surface area contributed by atoms with Gasteiger partial charge in [0.05, 0.1) is 5.03 Å². The van der Waals surface area contributed by atoms with Crippen LogP contribution in [0.4, 0.5) is 0 Å². The van der Waals surface area contributed by atoms with Crippen LogP contribution in [-0.2, 0) is 0 Å². The maximum atomic E-state index is 6.67. The lowest BCUT2D eigenvalue weighted by molar-refractivity contribution is 1.49. The van der Waals surface area contributed by atoms with Gasteiger partial charge in [0.25, 0.3) is 0 Å². The van der Waals surface area contributed by atoms with Gasteiger partial charge in [0, 0.05) is 12.4 Å². The Morgan fingerprint density at radius 1 is 1.38 bits per heavy atom. The molecule has 2 N–H and O–H groups in total. The summed E-state index contributed by atoms with van der Waals surface area (Å²) in [5, 5.41) is 13.6. The van der Waals surface area contributed by atoms with E-state index in [1.165, 1.54) is 0 Å². The predicted octanol–water partition coefficient (Wildman–Crippen LogP) is 1.80. The van der Waals surface area contributed by atoms with Crippen molar-refractivity contribution in [1.29, 1.82) is 10.8 Å². The highest BCUT2D eigenvalue weighted by atomic mass is 35.5. The van der Waals surface area contributed by atoms with Gasteiger partial charge in [-0.2, -0.15) is 0 Å². The Morgan fingerprint density at radius 2 is 1.88 bits per heavy atom. The van der Waals surface area contributed by atoms with Gasteiger partial charge in [-0.3, -0.25) is 0 Å². The molecule has 0 bridgehead atoms. The maximum absolute atomic E-state index is 6.67. The zero-order valence-corrected chi connectivity index (χ0v) is 5.29. The van der Waals surface area contributed by atoms with E-state index in [-0.39, 0.29) is 0 Å². The zero-order valence-electron chi connectivity index (χ0n) is 4.53. The summed E-state index contributed by atoms with van der Waals surface area (Å²) in [7, 11) is 0. The van der Waals surface area contributed by atoms with Gasteiger partial charge in [-0.1, -0.05) is 11.6 Å². The molecule has 0 heterocycles. The molecule has 0 aromatic carbocycles. The molecule has 0 aliphatic rings. The Hall–Kier alpha value is -0.630. The van der Waals surface area contributed by atoms with Gasteiger partial charge in [0.2, 0.25) is 0 Å². The number of nitrogens with one attached hydrogen (secondary N) is 2. The minimum absolute atomic E-state index is 0.319. The second-order valence-electron chi connectivity index (χ2n) is 1.32. The Balaban J connectivity index is 4.25. The van der Waals surface area contributed by atoms with Crippen molar-refractivity contribution in [3.05, 3.63) is 10.6 Å². The van der Waals surface area contributed by atoms with Crippen LogP contribution in [0.5, 0.6) is 0 Å². The summed E-state index contributed by atoms with van der Waals surface area (Å²) in [5.41, 5.74) is 0.613. The van der Waals surface area contributed by atoms with E-state index < -0.39 is 0 Å². The normalized spacial score (nSPS) is 12.2. The van der Waals surface area contributed by atoms with Crippen molar-refractivity contribution in [2.24, 2.45) is 0 Å². The first-order valence-corrected chi connectivity index (χ1v) is 2.47.